The van der Waals surface area contributed by atoms with E-state index in [9.17, 15) is 25.5 Å². The summed E-state index contributed by atoms with van der Waals surface area (Å²) in [5.74, 6) is 0.286. The average molecular weight is 463 g/mol. The van der Waals surface area contributed by atoms with Gasteiger partial charge in [-0.3, -0.25) is 10.4 Å². The van der Waals surface area contributed by atoms with E-state index in [2.05, 4.69) is 0 Å². The minimum atomic E-state index is -1.62. The molecule has 0 aromatic heterocycles. The molecule has 2 aliphatic heterocycles. The smallest absolute Gasteiger partial charge is 0.229 e. The molecule has 2 heterocycles. The van der Waals surface area contributed by atoms with Crippen LogP contribution in [0.3, 0.4) is 0 Å². The Bertz CT molecular complexity index is 706. The van der Waals surface area contributed by atoms with Gasteiger partial charge in [-0.15, -0.1) is 0 Å². The summed E-state index contributed by atoms with van der Waals surface area (Å²) in [6, 6.07) is 6.46. The van der Waals surface area contributed by atoms with Gasteiger partial charge >= 0.3 is 0 Å². The zero-order valence-corrected chi connectivity index (χ0v) is 17.0. The topological polar surface area (TPSA) is 202 Å². The van der Waals surface area contributed by atoms with Crippen molar-refractivity contribution in [2.45, 2.75) is 61.7 Å². The normalized spacial score (nSPS) is 37.7. The molecule has 3 rings (SSSR count). The second-order valence-corrected chi connectivity index (χ2v) is 7.66. The molecule has 9 unspecified atom stereocenters. The van der Waals surface area contributed by atoms with Crippen molar-refractivity contribution in [2.75, 3.05) is 19.8 Å². The molecule has 1 aromatic rings. The molecule has 2 aliphatic rings. The molecule has 9 atom stereocenters. The summed E-state index contributed by atoms with van der Waals surface area (Å²) in [6.07, 6.45) is -12.0. The largest absolute Gasteiger partial charge is 0.462 e. The first-order chi connectivity index (χ1) is 15.2. The van der Waals surface area contributed by atoms with Gasteiger partial charge in [-0.05, 0) is 24.1 Å². The fourth-order valence-corrected chi connectivity index (χ4v) is 3.44. The van der Waals surface area contributed by atoms with Crippen LogP contribution in [0, 0.1) is 0 Å². The van der Waals surface area contributed by atoms with Gasteiger partial charge in [0.1, 0.15) is 48.5 Å². The molecule has 0 radical (unpaired) electrons. The van der Waals surface area contributed by atoms with Crippen molar-refractivity contribution >= 4 is 0 Å². The van der Waals surface area contributed by atoms with Crippen LogP contribution >= 0.6 is 0 Å². The first-order valence-corrected chi connectivity index (χ1v) is 10.1. The maximum absolute atomic E-state index is 10.2. The van der Waals surface area contributed by atoms with Crippen molar-refractivity contribution in [1.82, 2.24) is 5.23 Å². The van der Waals surface area contributed by atoms with Crippen LogP contribution in [0.4, 0.5) is 0 Å². The van der Waals surface area contributed by atoms with Gasteiger partial charge in [0, 0.05) is 0 Å². The summed E-state index contributed by atoms with van der Waals surface area (Å²) in [6.45, 7) is -0.903. The van der Waals surface area contributed by atoms with Crippen LogP contribution in [0.2, 0.25) is 0 Å². The summed E-state index contributed by atoms with van der Waals surface area (Å²) in [7, 11) is 0. The zero-order valence-electron chi connectivity index (χ0n) is 17.0. The standard InChI is InChI=1S/C19H29NO12/c21-7-11-13(22)16(25)18(31-11)29-8-12-14(23)15(24)17(26)19(32-12)30-10-3-1-9(2-4-10)5-6-20(27)28/h1-4,11-19,21-28H,5-8H2. The molecule has 0 spiro atoms. The highest BCUT2D eigenvalue weighted by molar-refractivity contribution is 5.27. The predicted octanol–water partition coefficient (Wildman–Crippen LogP) is -3.05. The van der Waals surface area contributed by atoms with Gasteiger partial charge in [0.2, 0.25) is 6.29 Å². The molecule has 8 N–H and O–H groups in total. The number of hydrogen-bond donors (Lipinski definition) is 8. The van der Waals surface area contributed by atoms with Crippen molar-refractivity contribution in [1.29, 1.82) is 0 Å². The Morgan fingerprint density at radius 1 is 0.781 bits per heavy atom. The van der Waals surface area contributed by atoms with Gasteiger partial charge in [0.25, 0.3) is 0 Å². The number of aliphatic hydroxyl groups is 6. The van der Waals surface area contributed by atoms with Crippen LogP contribution in [0.25, 0.3) is 0 Å². The van der Waals surface area contributed by atoms with Crippen molar-refractivity contribution < 1.29 is 60.0 Å². The molecule has 0 amide bonds. The summed E-state index contributed by atoms with van der Waals surface area (Å²) >= 11 is 0. The van der Waals surface area contributed by atoms with E-state index in [1.54, 1.807) is 24.3 Å². The molecule has 0 aliphatic carbocycles. The average Bonchev–Trinajstić information content (AvgIpc) is 3.06. The number of ether oxygens (including phenoxy) is 4. The molecular formula is C19H29NO12. The summed E-state index contributed by atoms with van der Waals surface area (Å²) in [5.41, 5.74) is 0.788. The highest BCUT2D eigenvalue weighted by Gasteiger charge is 2.47. The number of hydrogen-bond acceptors (Lipinski definition) is 13. The molecule has 1 aromatic carbocycles. The number of rotatable bonds is 9. The highest BCUT2D eigenvalue weighted by Crippen LogP contribution is 2.27. The summed E-state index contributed by atoms with van der Waals surface area (Å²) in [5, 5.41) is 77.0. The van der Waals surface area contributed by atoms with E-state index in [4.69, 9.17) is 34.5 Å². The Balaban J connectivity index is 1.58. The molecule has 2 fully saturated rings. The van der Waals surface area contributed by atoms with E-state index in [-0.39, 0.29) is 24.1 Å². The van der Waals surface area contributed by atoms with E-state index in [0.717, 1.165) is 5.56 Å². The lowest BCUT2D eigenvalue weighted by Gasteiger charge is -2.40. The third kappa shape index (κ3) is 5.91. The maximum atomic E-state index is 10.2. The van der Waals surface area contributed by atoms with E-state index in [1.807, 2.05) is 0 Å². The minimum Gasteiger partial charge on any atom is -0.462 e. The van der Waals surface area contributed by atoms with Crippen LogP contribution < -0.4 is 4.74 Å². The lowest BCUT2D eigenvalue weighted by Crippen LogP contribution is -2.60. The summed E-state index contributed by atoms with van der Waals surface area (Å²) < 4.78 is 21.7. The first-order valence-electron chi connectivity index (χ1n) is 10.1. The molecule has 0 bridgehead atoms. The number of nitrogens with zero attached hydrogens (tertiary/aromatic N) is 1. The lowest BCUT2D eigenvalue weighted by atomic mass is 9.99. The lowest BCUT2D eigenvalue weighted by molar-refractivity contribution is -0.305. The second kappa shape index (κ2) is 11.1. The Morgan fingerprint density at radius 3 is 1.97 bits per heavy atom. The number of hydroxylamine groups is 2. The van der Waals surface area contributed by atoms with E-state index < -0.39 is 61.9 Å². The fraction of sp³-hybridized carbons (Fsp3) is 0.684. The number of aliphatic hydroxyl groups excluding tert-OH is 6. The Morgan fingerprint density at radius 2 is 1.38 bits per heavy atom. The third-order valence-corrected chi connectivity index (χ3v) is 5.37. The van der Waals surface area contributed by atoms with Crippen molar-refractivity contribution in [3.05, 3.63) is 29.8 Å². The minimum absolute atomic E-state index is 0.00585. The van der Waals surface area contributed by atoms with Crippen molar-refractivity contribution in [3.8, 4) is 5.75 Å². The molecule has 13 heteroatoms. The highest BCUT2D eigenvalue weighted by atomic mass is 16.8. The SMILES string of the molecule is OCC1OC(OCC2OC(Oc3ccc(CCN(O)O)cc3)C(O)C(O)C2O)C(O)C1O. The Hall–Kier alpha value is -1.46. The Labute approximate surface area is 183 Å². The quantitative estimate of drug-likeness (QED) is 0.172. The van der Waals surface area contributed by atoms with Crippen LogP contribution in [0.15, 0.2) is 24.3 Å². The fourth-order valence-electron chi connectivity index (χ4n) is 3.44. The van der Waals surface area contributed by atoms with Crippen LogP contribution in [-0.4, -0.2) is 121 Å². The van der Waals surface area contributed by atoms with Crippen molar-refractivity contribution in [3.63, 3.8) is 0 Å². The summed E-state index contributed by atoms with van der Waals surface area (Å²) in [4.78, 5) is 0. The number of benzene rings is 1. The molecule has 2 saturated heterocycles. The van der Waals surface area contributed by atoms with E-state index in [1.165, 1.54) is 0 Å². The van der Waals surface area contributed by atoms with Crippen LogP contribution in [0.1, 0.15) is 5.56 Å². The van der Waals surface area contributed by atoms with Gasteiger partial charge in [0.05, 0.1) is 19.8 Å². The second-order valence-electron chi connectivity index (χ2n) is 7.66. The third-order valence-electron chi connectivity index (χ3n) is 5.37. The molecule has 13 nitrogen and oxygen atoms in total. The molecule has 0 saturated carbocycles. The van der Waals surface area contributed by atoms with Gasteiger partial charge < -0.3 is 49.6 Å². The van der Waals surface area contributed by atoms with E-state index in [0.29, 0.717) is 6.42 Å². The molecule has 32 heavy (non-hydrogen) atoms. The predicted molar refractivity (Wildman–Crippen MR) is 101 cm³/mol. The molecule has 182 valence electrons. The van der Waals surface area contributed by atoms with Gasteiger partial charge in [0.15, 0.2) is 6.29 Å². The molecular weight excluding hydrogens is 434 g/mol. The first kappa shape index (κ1) is 25.2. The van der Waals surface area contributed by atoms with Gasteiger partial charge in [-0.2, -0.15) is 0 Å². The monoisotopic (exact) mass is 463 g/mol. The van der Waals surface area contributed by atoms with Crippen molar-refractivity contribution in [2.24, 2.45) is 0 Å². The Kier molecular flexibility index (Phi) is 8.74. The van der Waals surface area contributed by atoms with Gasteiger partial charge in [-0.25, -0.2) is 0 Å². The maximum Gasteiger partial charge on any atom is 0.229 e. The van der Waals surface area contributed by atoms with Gasteiger partial charge in [-0.1, -0.05) is 17.4 Å². The van der Waals surface area contributed by atoms with E-state index >= 15 is 0 Å². The van der Waals surface area contributed by atoms with Crippen LogP contribution in [0.5, 0.6) is 5.75 Å². The zero-order chi connectivity index (χ0) is 23.4. The van der Waals surface area contributed by atoms with Crippen LogP contribution in [-0.2, 0) is 20.6 Å².